The summed E-state index contributed by atoms with van der Waals surface area (Å²) < 4.78 is 30.6. The normalized spacial score (nSPS) is 11.5. The Balaban J connectivity index is 1.81. The molecule has 142 valence electrons. The molecule has 4 rings (SSSR count). The highest BCUT2D eigenvalue weighted by molar-refractivity contribution is 7.92. The van der Waals surface area contributed by atoms with Crippen molar-refractivity contribution in [3.63, 3.8) is 0 Å². The molecule has 0 spiro atoms. The van der Waals surface area contributed by atoms with Gasteiger partial charge in [0.2, 0.25) is 21.1 Å². The first-order valence-corrected chi connectivity index (χ1v) is 10.6. The highest BCUT2D eigenvalue weighted by Gasteiger charge is 2.15. The number of para-hydroxylation sites is 1. The molecular formula is C21H20N3O3S+. The maximum atomic E-state index is 11.4. The van der Waals surface area contributed by atoms with Gasteiger partial charge in [0.05, 0.1) is 29.8 Å². The van der Waals surface area contributed by atoms with Crippen molar-refractivity contribution in [3.8, 4) is 5.75 Å². The van der Waals surface area contributed by atoms with Gasteiger partial charge >= 0.3 is 0 Å². The number of rotatable bonds is 5. The largest absolute Gasteiger partial charge is 0.497 e. The molecule has 0 saturated heterocycles. The molecule has 3 aromatic carbocycles. The van der Waals surface area contributed by atoms with Crippen molar-refractivity contribution in [1.29, 1.82) is 0 Å². The maximum absolute atomic E-state index is 11.4. The number of methoxy groups -OCH3 is 1. The van der Waals surface area contributed by atoms with Crippen LogP contribution in [0.2, 0.25) is 0 Å². The van der Waals surface area contributed by atoms with Gasteiger partial charge in [0, 0.05) is 23.5 Å². The molecule has 0 unspecified atom stereocenters. The van der Waals surface area contributed by atoms with Crippen molar-refractivity contribution in [2.45, 2.75) is 0 Å². The van der Waals surface area contributed by atoms with E-state index in [0.717, 1.165) is 45.2 Å². The van der Waals surface area contributed by atoms with E-state index in [1.807, 2.05) is 54.6 Å². The van der Waals surface area contributed by atoms with Crippen molar-refractivity contribution >= 4 is 48.9 Å². The smallest absolute Gasteiger partial charge is 0.229 e. The van der Waals surface area contributed by atoms with E-state index in [2.05, 4.69) is 15.0 Å². The summed E-state index contributed by atoms with van der Waals surface area (Å²) in [6.07, 6.45) is 1.13. The summed E-state index contributed by atoms with van der Waals surface area (Å²) in [6, 6.07) is 21.1. The number of hydrogen-bond acceptors (Lipinski definition) is 4. The van der Waals surface area contributed by atoms with Crippen molar-refractivity contribution in [3.05, 3.63) is 66.7 Å². The fraction of sp³-hybridized carbons (Fsp3) is 0.0952. The van der Waals surface area contributed by atoms with Gasteiger partial charge in [-0.3, -0.25) is 4.72 Å². The zero-order valence-corrected chi connectivity index (χ0v) is 16.3. The molecule has 1 heterocycles. The monoisotopic (exact) mass is 394 g/mol. The lowest BCUT2D eigenvalue weighted by Crippen LogP contribution is -2.09. The number of pyridine rings is 1. The minimum atomic E-state index is -3.30. The van der Waals surface area contributed by atoms with Crippen molar-refractivity contribution in [1.82, 2.24) is 0 Å². The topological polar surface area (TPSA) is 81.6 Å². The summed E-state index contributed by atoms with van der Waals surface area (Å²) in [5.74, 6) is 0.770. The zero-order valence-electron chi connectivity index (χ0n) is 15.5. The van der Waals surface area contributed by atoms with E-state index < -0.39 is 10.0 Å². The summed E-state index contributed by atoms with van der Waals surface area (Å²) >= 11 is 0. The lowest BCUT2D eigenvalue weighted by atomic mass is 10.1. The molecular weight excluding hydrogens is 374 g/mol. The molecule has 0 aliphatic rings. The molecule has 0 aliphatic heterocycles. The minimum absolute atomic E-state index is 0.519. The summed E-state index contributed by atoms with van der Waals surface area (Å²) in [5, 5.41) is 5.52. The Morgan fingerprint density at radius 1 is 0.857 bits per heavy atom. The Bertz CT molecular complexity index is 1270. The number of hydrogen-bond donors (Lipinski definition) is 2. The average Bonchev–Trinajstić information content (AvgIpc) is 2.68. The molecule has 0 radical (unpaired) electrons. The molecule has 0 atom stereocenters. The van der Waals surface area contributed by atoms with Gasteiger partial charge in [-0.25, -0.2) is 13.4 Å². The summed E-state index contributed by atoms with van der Waals surface area (Å²) in [5.41, 5.74) is 4.31. The van der Waals surface area contributed by atoms with Crippen LogP contribution < -0.4 is 19.8 Å². The number of sulfonamides is 1. The van der Waals surface area contributed by atoms with Gasteiger partial charge in [-0.15, -0.1) is 0 Å². The first-order valence-electron chi connectivity index (χ1n) is 8.69. The fourth-order valence-corrected chi connectivity index (χ4v) is 3.75. The first kappa shape index (κ1) is 18.1. The second kappa shape index (κ2) is 7.01. The van der Waals surface area contributed by atoms with Crippen molar-refractivity contribution < 1.29 is 18.1 Å². The number of anilines is 3. The average molecular weight is 394 g/mol. The molecule has 0 amide bonds. The van der Waals surface area contributed by atoms with E-state index in [-0.39, 0.29) is 0 Å². The predicted molar refractivity (Wildman–Crippen MR) is 113 cm³/mol. The number of fused-ring (bicyclic) bond motifs is 2. The van der Waals surface area contributed by atoms with Crippen LogP contribution in [0.4, 0.5) is 17.1 Å². The molecule has 7 heteroatoms. The van der Waals surface area contributed by atoms with Crippen molar-refractivity contribution in [2.75, 3.05) is 23.4 Å². The van der Waals surface area contributed by atoms with Crippen LogP contribution in [0.3, 0.4) is 0 Å². The SMILES string of the molecule is COc1ccc2[nH+]c3ccccc3c(Nc3ccc(NS(C)(=O)=O)cc3)c2c1. The minimum Gasteiger partial charge on any atom is -0.497 e. The summed E-state index contributed by atoms with van der Waals surface area (Å²) in [6.45, 7) is 0. The van der Waals surface area contributed by atoms with E-state index in [1.54, 1.807) is 19.2 Å². The Kier molecular flexibility index (Phi) is 4.52. The molecule has 6 nitrogen and oxygen atoms in total. The Labute approximate surface area is 163 Å². The molecule has 0 fully saturated rings. The third-order valence-corrected chi connectivity index (χ3v) is 5.03. The first-order chi connectivity index (χ1) is 13.4. The van der Waals surface area contributed by atoms with Gasteiger partial charge in [-0.2, -0.15) is 0 Å². The van der Waals surface area contributed by atoms with Gasteiger partial charge in [0.15, 0.2) is 0 Å². The van der Waals surface area contributed by atoms with Crippen LogP contribution in [0.1, 0.15) is 0 Å². The molecule has 0 saturated carbocycles. The van der Waals surface area contributed by atoms with Crippen molar-refractivity contribution in [2.24, 2.45) is 0 Å². The van der Waals surface area contributed by atoms with Crippen LogP contribution in [0.25, 0.3) is 21.8 Å². The van der Waals surface area contributed by atoms with Gasteiger partial charge in [-0.05, 0) is 42.5 Å². The van der Waals surface area contributed by atoms with E-state index >= 15 is 0 Å². The lowest BCUT2D eigenvalue weighted by molar-refractivity contribution is -0.310. The molecule has 1 aromatic heterocycles. The molecule has 28 heavy (non-hydrogen) atoms. The Morgan fingerprint density at radius 3 is 2.25 bits per heavy atom. The van der Waals surface area contributed by atoms with Crippen LogP contribution in [-0.4, -0.2) is 21.8 Å². The standard InChI is InChI=1S/C21H19N3O3S/c1-27-16-11-12-20-18(13-16)21(17-5-3-4-6-19(17)23-20)22-14-7-9-15(10-8-14)24-28(2,25)26/h3-13,24H,1-2H3,(H,22,23)/p+1. The highest BCUT2D eigenvalue weighted by atomic mass is 32.2. The predicted octanol–water partition coefficient (Wildman–Crippen LogP) is 3.93. The lowest BCUT2D eigenvalue weighted by Gasteiger charge is -2.12. The number of aromatic nitrogens is 1. The Morgan fingerprint density at radius 2 is 1.54 bits per heavy atom. The molecule has 4 aromatic rings. The van der Waals surface area contributed by atoms with Crippen LogP contribution in [0, 0.1) is 0 Å². The van der Waals surface area contributed by atoms with E-state index in [4.69, 9.17) is 4.74 Å². The van der Waals surface area contributed by atoms with Crippen LogP contribution in [0.15, 0.2) is 66.7 Å². The number of nitrogens with one attached hydrogen (secondary N) is 3. The molecule has 0 aliphatic carbocycles. The Hall–Kier alpha value is -3.32. The van der Waals surface area contributed by atoms with Crippen LogP contribution in [-0.2, 0) is 10.0 Å². The number of benzene rings is 3. The maximum Gasteiger partial charge on any atom is 0.229 e. The third kappa shape index (κ3) is 3.70. The van der Waals surface area contributed by atoms with Crippen LogP contribution >= 0.6 is 0 Å². The second-order valence-electron chi connectivity index (χ2n) is 6.53. The molecule has 3 N–H and O–H groups in total. The molecule has 0 bridgehead atoms. The van der Waals surface area contributed by atoms with Gasteiger partial charge in [0.25, 0.3) is 0 Å². The highest BCUT2D eigenvalue weighted by Crippen LogP contribution is 2.33. The van der Waals surface area contributed by atoms with Gasteiger partial charge in [0.1, 0.15) is 5.75 Å². The fourth-order valence-electron chi connectivity index (χ4n) is 3.18. The number of aromatic amines is 1. The summed E-state index contributed by atoms with van der Waals surface area (Å²) in [4.78, 5) is 3.45. The summed E-state index contributed by atoms with van der Waals surface area (Å²) in [7, 11) is -1.66. The van der Waals surface area contributed by atoms with E-state index in [1.165, 1.54) is 0 Å². The van der Waals surface area contributed by atoms with Gasteiger partial charge in [-0.1, -0.05) is 12.1 Å². The quantitative estimate of drug-likeness (QED) is 0.503. The number of H-pyrrole nitrogens is 1. The van der Waals surface area contributed by atoms with E-state index in [0.29, 0.717) is 5.69 Å². The van der Waals surface area contributed by atoms with Gasteiger partial charge < -0.3 is 10.1 Å². The number of ether oxygens (including phenoxy) is 1. The van der Waals surface area contributed by atoms with Crippen LogP contribution in [0.5, 0.6) is 5.75 Å². The third-order valence-electron chi connectivity index (χ3n) is 4.42. The zero-order chi connectivity index (χ0) is 19.7. The van der Waals surface area contributed by atoms with E-state index in [9.17, 15) is 8.42 Å². The second-order valence-corrected chi connectivity index (χ2v) is 8.28.